The molecule has 0 unspecified atom stereocenters. The summed E-state index contributed by atoms with van der Waals surface area (Å²) in [5.74, 6) is 0. The Balaban J connectivity index is 1.78. The molecule has 1 N–H and O–H groups in total. The Morgan fingerprint density at radius 2 is 2.12 bits per heavy atom. The van der Waals surface area contributed by atoms with Gasteiger partial charge >= 0.3 is 0 Å². The quantitative estimate of drug-likeness (QED) is 0.833. The van der Waals surface area contributed by atoms with Crippen LogP contribution in [0.3, 0.4) is 0 Å². The average Bonchev–Trinajstić information content (AvgIpc) is 2.98. The van der Waals surface area contributed by atoms with Crippen LogP contribution in [0.4, 0.5) is 0 Å². The van der Waals surface area contributed by atoms with Crippen LogP contribution in [0.1, 0.15) is 56.7 Å². The van der Waals surface area contributed by atoms with Crippen LogP contribution in [-0.2, 0) is 13.0 Å². The van der Waals surface area contributed by atoms with Crippen molar-refractivity contribution >= 4 is 11.3 Å². The molecule has 1 aromatic heterocycles. The van der Waals surface area contributed by atoms with E-state index in [0.717, 1.165) is 13.0 Å². The van der Waals surface area contributed by atoms with Crippen LogP contribution in [0.5, 0.6) is 0 Å². The minimum atomic E-state index is 0.587. The number of aryl methyl sites for hydroxylation is 1. The van der Waals surface area contributed by atoms with Crippen LogP contribution in [0.15, 0.2) is 5.38 Å². The van der Waals surface area contributed by atoms with Gasteiger partial charge in [-0.05, 0) is 31.1 Å². The topological polar surface area (TPSA) is 24.9 Å². The van der Waals surface area contributed by atoms with Gasteiger partial charge in [-0.2, -0.15) is 0 Å². The Morgan fingerprint density at radius 1 is 1.35 bits per heavy atom. The molecule has 1 aliphatic carbocycles. The summed E-state index contributed by atoms with van der Waals surface area (Å²) in [5.41, 5.74) is 1.81. The Kier molecular flexibility index (Phi) is 4.57. The van der Waals surface area contributed by atoms with Gasteiger partial charge in [0.05, 0.1) is 10.7 Å². The first-order valence-corrected chi connectivity index (χ1v) is 7.80. The molecule has 1 aliphatic rings. The number of hydrogen-bond acceptors (Lipinski definition) is 3. The molecule has 2 nitrogen and oxygen atoms in total. The van der Waals surface area contributed by atoms with Crippen molar-refractivity contribution in [1.82, 2.24) is 10.3 Å². The molecule has 2 rings (SSSR count). The van der Waals surface area contributed by atoms with E-state index in [1.165, 1.54) is 49.4 Å². The van der Waals surface area contributed by atoms with Crippen LogP contribution in [0.25, 0.3) is 0 Å². The highest BCUT2D eigenvalue weighted by atomic mass is 32.1. The standard InChI is InChI=1S/C14H24N2S/c1-3-13-16-12(10-17-13)9-15-11-14(4-2)7-5-6-8-14/h10,15H,3-9,11H2,1-2H3. The van der Waals surface area contributed by atoms with Crippen LogP contribution < -0.4 is 5.32 Å². The first-order chi connectivity index (χ1) is 8.28. The maximum atomic E-state index is 4.60. The molecule has 0 bridgehead atoms. The number of hydrogen-bond donors (Lipinski definition) is 1. The second kappa shape index (κ2) is 5.96. The predicted octanol–water partition coefficient (Wildman–Crippen LogP) is 3.77. The van der Waals surface area contributed by atoms with Crippen molar-refractivity contribution < 1.29 is 0 Å². The van der Waals surface area contributed by atoms with E-state index in [1.54, 1.807) is 11.3 Å². The lowest BCUT2D eigenvalue weighted by atomic mass is 9.83. The number of thiazole rings is 1. The van der Waals surface area contributed by atoms with Gasteiger partial charge in [0.15, 0.2) is 0 Å². The minimum absolute atomic E-state index is 0.587. The molecule has 0 saturated heterocycles. The van der Waals surface area contributed by atoms with E-state index in [1.807, 2.05) is 0 Å². The van der Waals surface area contributed by atoms with Gasteiger partial charge in [-0.25, -0.2) is 4.98 Å². The smallest absolute Gasteiger partial charge is 0.0926 e. The maximum absolute atomic E-state index is 4.60. The molecule has 17 heavy (non-hydrogen) atoms. The third-order valence-electron chi connectivity index (χ3n) is 4.12. The van der Waals surface area contributed by atoms with Gasteiger partial charge < -0.3 is 5.32 Å². The molecular formula is C14H24N2S. The molecule has 0 atom stereocenters. The van der Waals surface area contributed by atoms with Gasteiger partial charge in [-0.15, -0.1) is 11.3 Å². The lowest BCUT2D eigenvalue weighted by molar-refractivity contribution is 0.268. The summed E-state index contributed by atoms with van der Waals surface area (Å²) in [5, 5.41) is 7.07. The zero-order valence-electron chi connectivity index (χ0n) is 11.1. The summed E-state index contributed by atoms with van der Waals surface area (Å²) in [6, 6.07) is 0. The molecular weight excluding hydrogens is 228 g/mol. The fraction of sp³-hybridized carbons (Fsp3) is 0.786. The van der Waals surface area contributed by atoms with Crippen LogP contribution >= 0.6 is 11.3 Å². The molecule has 0 radical (unpaired) electrons. The van der Waals surface area contributed by atoms with E-state index in [0.29, 0.717) is 5.41 Å². The van der Waals surface area contributed by atoms with E-state index < -0.39 is 0 Å². The third kappa shape index (κ3) is 3.29. The minimum Gasteiger partial charge on any atom is -0.311 e. The SMILES string of the molecule is CCc1nc(CNCC2(CC)CCCC2)cs1. The molecule has 0 aliphatic heterocycles. The molecule has 1 fully saturated rings. The fourth-order valence-electron chi connectivity index (χ4n) is 2.83. The van der Waals surface area contributed by atoms with Crippen molar-refractivity contribution in [2.24, 2.45) is 5.41 Å². The van der Waals surface area contributed by atoms with Crippen molar-refractivity contribution in [3.63, 3.8) is 0 Å². The Labute approximate surface area is 109 Å². The monoisotopic (exact) mass is 252 g/mol. The van der Waals surface area contributed by atoms with Gasteiger partial charge in [0.1, 0.15) is 0 Å². The van der Waals surface area contributed by atoms with E-state index >= 15 is 0 Å². The second-order valence-electron chi connectivity index (χ2n) is 5.25. The highest BCUT2D eigenvalue weighted by Crippen LogP contribution is 2.40. The molecule has 0 amide bonds. The van der Waals surface area contributed by atoms with Crippen molar-refractivity contribution in [2.45, 2.75) is 58.9 Å². The van der Waals surface area contributed by atoms with Crippen molar-refractivity contribution in [3.05, 3.63) is 16.1 Å². The first kappa shape index (κ1) is 13.0. The first-order valence-electron chi connectivity index (χ1n) is 6.92. The largest absolute Gasteiger partial charge is 0.311 e. The molecule has 3 heteroatoms. The van der Waals surface area contributed by atoms with Gasteiger partial charge in [-0.1, -0.05) is 26.7 Å². The number of rotatable bonds is 6. The number of aromatic nitrogens is 1. The normalized spacial score (nSPS) is 18.7. The summed E-state index contributed by atoms with van der Waals surface area (Å²) >= 11 is 1.79. The van der Waals surface area contributed by atoms with E-state index in [9.17, 15) is 0 Å². The van der Waals surface area contributed by atoms with Gasteiger partial charge in [0.25, 0.3) is 0 Å². The third-order valence-corrected chi connectivity index (χ3v) is 5.16. The van der Waals surface area contributed by atoms with Crippen molar-refractivity contribution in [2.75, 3.05) is 6.54 Å². The molecule has 0 spiro atoms. The number of nitrogens with one attached hydrogen (secondary N) is 1. The lowest BCUT2D eigenvalue weighted by Crippen LogP contribution is -2.31. The highest BCUT2D eigenvalue weighted by molar-refractivity contribution is 7.09. The summed E-state index contributed by atoms with van der Waals surface area (Å²) in [7, 11) is 0. The maximum Gasteiger partial charge on any atom is 0.0926 e. The van der Waals surface area contributed by atoms with Gasteiger partial charge in [0, 0.05) is 18.5 Å². The summed E-state index contributed by atoms with van der Waals surface area (Å²) < 4.78 is 0. The van der Waals surface area contributed by atoms with Crippen LogP contribution in [0, 0.1) is 5.41 Å². The fourth-order valence-corrected chi connectivity index (χ4v) is 3.57. The number of nitrogens with zero attached hydrogens (tertiary/aromatic N) is 1. The second-order valence-corrected chi connectivity index (χ2v) is 6.19. The molecule has 1 saturated carbocycles. The zero-order valence-corrected chi connectivity index (χ0v) is 11.9. The molecule has 0 aromatic carbocycles. The predicted molar refractivity (Wildman–Crippen MR) is 74.4 cm³/mol. The van der Waals surface area contributed by atoms with Crippen molar-refractivity contribution in [3.8, 4) is 0 Å². The lowest BCUT2D eigenvalue weighted by Gasteiger charge is -2.27. The average molecular weight is 252 g/mol. The van der Waals surface area contributed by atoms with Gasteiger partial charge in [-0.3, -0.25) is 0 Å². The Hall–Kier alpha value is -0.410. The summed E-state index contributed by atoms with van der Waals surface area (Å²) in [4.78, 5) is 4.60. The summed E-state index contributed by atoms with van der Waals surface area (Å²) in [6.45, 7) is 6.62. The van der Waals surface area contributed by atoms with Crippen molar-refractivity contribution in [1.29, 1.82) is 0 Å². The van der Waals surface area contributed by atoms with E-state index in [-0.39, 0.29) is 0 Å². The Morgan fingerprint density at radius 3 is 2.71 bits per heavy atom. The zero-order chi connectivity index (χ0) is 12.1. The molecule has 96 valence electrons. The van der Waals surface area contributed by atoms with Crippen LogP contribution in [-0.4, -0.2) is 11.5 Å². The van der Waals surface area contributed by atoms with E-state index in [4.69, 9.17) is 0 Å². The highest BCUT2D eigenvalue weighted by Gasteiger charge is 2.31. The molecule has 1 heterocycles. The summed E-state index contributed by atoms with van der Waals surface area (Å²) in [6.07, 6.45) is 8.04. The van der Waals surface area contributed by atoms with Gasteiger partial charge in [0.2, 0.25) is 0 Å². The molecule has 1 aromatic rings. The van der Waals surface area contributed by atoms with E-state index in [2.05, 4.69) is 29.5 Å². The van der Waals surface area contributed by atoms with Crippen LogP contribution in [0.2, 0.25) is 0 Å². The Bertz CT molecular complexity index is 340.